The van der Waals surface area contributed by atoms with Crippen molar-refractivity contribution in [3.63, 3.8) is 0 Å². The van der Waals surface area contributed by atoms with Crippen LogP contribution in [0.15, 0.2) is 78.9 Å². The third-order valence-corrected chi connectivity index (χ3v) is 5.95. The third-order valence-electron chi connectivity index (χ3n) is 5.95. The van der Waals surface area contributed by atoms with Gasteiger partial charge >= 0.3 is 0 Å². The Morgan fingerprint density at radius 3 is 2.56 bits per heavy atom. The van der Waals surface area contributed by atoms with Gasteiger partial charge in [0.25, 0.3) is 5.91 Å². The minimum atomic E-state index is -0.181. The molecule has 0 bridgehead atoms. The summed E-state index contributed by atoms with van der Waals surface area (Å²) in [6.45, 7) is 2.02. The number of anilines is 2. The number of carbonyl (C=O) groups is 2. The Balaban J connectivity index is 1.16. The van der Waals surface area contributed by atoms with Crippen LogP contribution in [-0.4, -0.2) is 44.2 Å². The molecule has 1 atom stereocenters. The molecule has 0 aromatic heterocycles. The number of hydrogen-bond donors (Lipinski definition) is 3. The van der Waals surface area contributed by atoms with Gasteiger partial charge in [0.1, 0.15) is 5.75 Å². The number of amides is 2. The predicted molar refractivity (Wildman–Crippen MR) is 142 cm³/mol. The van der Waals surface area contributed by atoms with Crippen molar-refractivity contribution in [1.29, 1.82) is 0 Å². The fourth-order valence-electron chi connectivity index (χ4n) is 4.01. The molecule has 36 heavy (non-hydrogen) atoms. The molecule has 0 aliphatic carbocycles. The molecular formula is C29H33N3O4. The Bertz CT molecular complexity index is 1110. The van der Waals surface area contributed by atoms with Crippen LogP contribution >= 0.6 is 0 Å². The molecule has 3 N–H and O–H groups in total. The highest BCUT2D eigenvalue weighted by Gasteiger charge is 2.16. The summed E-state index contributed by atoms with van der Waals surface area (Å²) >= 11 is 0. The van der Waals surface area contributed by atoms with Crippen molar-refractivity contribution in [1.82, 2.24) is 5.32 Å². The summed E-state index contributed by atoms with van der Waals surface area (Å²) in [5.41, 5.74) is 3.29. The number of benzene rings is 3. The lowest BCUT2D eigenvalue weighted by atomic mass is 10.1. The van der Waals surface area contributed by atoms with Crippen molar-refractivity contribution in [3.05, 3.63) is 90.0 Å². The van der Waals surface area contributed by atoms with Crippen molar-refractivity contribution in [2.24, 2.45) is 0 Å². The van der Waals surface area contributed by atoms with Crippen LogP contribution in [0.3, 0.4) is 0 Å². The molecule has 2 amide bonds. The van der Waals surface area contributed by atoms with Crippen LogP contribution in [0.5, 0.6) is 5.75 Å². The SMILES string of the molecule is O=C(CNc1cccc(OCCCc2ccccc2)c1)Nc1ccc(C(=O)NCC2CCCO2)cc1. The van der Waals surface area contributed by atoms with E-state index in [0.29, 0.717) is 24.4 Å². The van der Waals surface area contributed by atoms with Crippen LogP contribution in [0.1, 0.15) is 35.2 Å². The second kappa shape index (κ2) is 13.3. The largest absolute Gasteiger partial charge is 0.494 e. The van der Waals surface area contributed by atoms with E-state index in [2.05, 4.69) is 28.1 Å². The first kappa shape index (κ1) is 25.3. The first-order valence-corrected chi connectivity index (χ1v) is 12.5. The van der Waals surface area contributed by atoms with E-state index in [-0.39, 0.29) is 24.5 Å². The number of nitrogens with one attached hydrogen (secondary N) is 3. The monoisotopic (exact) mass is 487 g/mol. The van der Waals surface area contributed by atoms with Crippen molar-refractivity contribution < 1.29 is 19.1 Å². The molecule has 1 aliphatic heterocycles. The normalized spacial score (nSPS) is 14.7. The average molecular weight is 488 g/mol. The van der Waals surface area contributed by atoms with Gasteiger partial charge in [0.2, 0.25) is 5.91 Å². The fraction of sp³-hybridized carbons (Fsp3) is 0.310. The van der Waals surface area contributed by atoms with E-state index in [1.807, 2.05) is 42.5 Å². The van der Waals surface area contributed by atoms with E-state index in [1.54, 1.807) is 24.3 Å². The van der Waals surface area contributed by atoms with Crippen molar-refractivity contribution in [2.75, 3.05) is 36.9 Å². The molecule has 1 heterocycles. The van der Waals surface area contributed by atoms with Gasteiger partial charge < -0.3 is 25.4 Å². The lowest BCUT2D eigenvalue weighted by molar-refractivity contribution is -0.114. The molecule has 7 heteroatoms. The predicted octanol–water partition coefficient (Wildman–Crippen LogP) is 4.66. The maximum Gasteiger partial charge on any atom is 0.251 e. The molecule has 1 aliphatic rings. The van der Waals surface area contributed by atoms with Crippen LogP contribution in [0.2, 0.25) is 0 Å². The molecule has 3 aromatic rings. The summed E-state index contributed by atoms with van der Waals surface area (Å²) in [4.78, 5) is 24.7. The first-order valence-electron chi connectivity index (χ1n) is 12.5. The number of rotatable bonds is 12. The topological polar surface area (TPSA) is 88.7 Å². The van der Waals surface area contributed by atoms with Gasteiger partial charge in [-0.3, -0.25) is 9.59 Å². The first-order chi connectivity index (χ1) is 17.7. The summed E-state index contributed by atoms with van der Waals surface area (Å²) in [5.74, 6) is 0.439. The maximum atomic E-state index is 12.4. The zero-order chi connectivity index (χ0) is 25.0. The van der Waals surface area contributed by atoms with E-state index in [9.17, 15) is 9.59 Å². The summed E-state index contributed by atoms with van der Waals surface area (Å²) in [6.07, 6.45) is 4.02. The molecule has 0 spiro atoms. The lowest BCUT2D eigenvalue weighted by Gasteiger charge is -2.12. The second-order valence-corrected chi connectivity index (χ2v) is 8.79. The Labute approximate surface area is 212 Å². The molecule has 1 unspecified atom stereocenters. The van der Waals surface area contributed by atoms with Crippen molar-refractivity contribution in [3.8, 4) is 5.75 Å². The molecule has 0 saturated carbocycles. The third kappa shape index (κ3) is 8.13. The van der Waals surface area contributed by atoms with Crippen LogP contribution in [0.4, 0.5) is 11.4 Å². The number of aryl methyl sites for hydroxylation is 1. The highest BCUT2D eigenvalue weighted by molar-refractivity contribution is 5.96. The Hall–Kier alpha value is -3.84. The van der Waals surface area contributed by atoms with E-state index < -0.39 is 0 Å². The average Bonchev–Trinajstić information content (AvgIpc) is 3.44. The highest BCUT2D eigenvalue weighted by Crippen LogP contribution is 2.18. The van der Waals surface area contributed by atoms with Gasteiger partial charge in [-0.25, -0.2) is 0 Å². The quantitative estimate of drug-likeness (QED) is 0.324. The van der Waals surface area contributed by atoms with Gasteiger partial charge in [-0.1, -0.05) is 36.4 Å². The molecule has 1 saturated heterocycles. The van der Waals surface area contributed by atoms with E-state index in [0.717, 1.165) is 43.7 Å². The number of carbonyl (C=O) groups excluding carboxylic acids is 2. The van der Waals surface area contributed by atoms with E-state index >= 15 is 0 Å². The zero-order valence-corrected chi connectivity index (χ0v) is 20.4. The molecule has 4 rings (SSSR count). The highest BCUT2D eigenvalue weighted by atomic mass is 16.5. The van der Waals surface area contributed by atoms with Gasteiger partial charge in [-0.15, -0.1) is 0 Å². The molecule has 0 radical (unpaired) electrons. The number of hydrogen-bond acceptors (Lipinski definition) is 5. The van der Waals surface area contributed by atoms with Gasteiger partial charge in [0.15, 0.2) is 0 Å². The summed E-state index contributed by atoms with van der Waals surface area (Å²) in [5, 5.41) is 8.87. The minimum absolute atomic E-state index is 0.104. The van der Waals surface area contributed by atoms with Crippen LogP contribution < -0.4 is 20.7 Å². The van der Waals surface area contributed by atoms with Gasteiger partial charge in [0.05, 0.1) is 19.3 Å². The summed E-state index contributed by atoms with van der Waals surface area (Å²) in [7, 11) is 0. The number of ether oxygens (including phenoxy) is 2. The molecule has 188 valence electrons. The molecular weight excluding hydrogens is 454 g/mol. The fourth-order valence-corrected chi connectivity index (χ4v) is 4.01. The van der Waals surface area contributed by atoms with Crippen LogP contribution in [0, 0.1) is 0 Å². The molecule has 1 fully saturated rings. The van der Waals surface area contributed by atoms with Crippen LogP contribution in [-0.2, 0) is 16.0 Å². The van der Waals surface area contributed by atoms with Gasteiger partial charge in [0, 0.05) is 36.2 Å². The molecule has 3 aromatic carbocycles. The summed E-state index contributed by atoms with van der Waals surface area (Å²) in [6, 6.07) is 24.8. The van der Waals surface area contributed by atoms with E-state index in [4.69, 9.17) is 9.47 Å². The van der Waals surface area contributed by atoms with Crippen molar-refractivity contribution >= 4 is 23.2 Å². The summed E-state index contributed by atoms with van der Waals surface area (Å²) < 4.78 is 11.4. The Morgan fingerprint density at radius 1 is 0.944 bits per heavy atom. The minimum Gasteiger partial charge on any atom is -0.494 e. The van der Waals surface area contributed by atoms with Crippen LogP contribution in [0.25, 0.3) is 0 Å². The zero-order valence-electron chi connectivity index (χ0n) is 20.4. The van der Waals surface area contributed by atoms with Gasteiger partial charge in [-0.2, -0.15) is 0 Å². The van der Waals surface area contributed by atoms with Crippen molar-refractivity contribution in [2.45, 2.75) is 31.8 Å². The Morgan fingerprint density at radius 2 is 1.78 bits per heavy atom. The Kier molecular flexibility index (Phi) is 9.33. The van der Waals surface area contributed by atoms with Gasteiger partial charge in [-0.05, 0) is 67.6 Å². The molecule has 7 nitrogen and oxygen atoms in total. The smallest absolute Gasteiger partial charge is 0.251 e. The maximum absolute atomic E-state index is 12.4. The standard InChI is InChI=1S/C29H33N3O4/c33-28(32-24-15-13-23(14-16-24)29(34)31-20-27-12-6-18-36-27)21-30-25-10-4-11-26(19-25)35-17-5-9-22-7-2-1-3-8-22/h1-4,7-8,10-11,13-16,19,27,30H,5-6,9,12,17-18,20-21H2,(H,31,34)(H,32,33). The lowest BCUT2D eigenvalue weighted by Crippen LogP contribution is -2.31. The van der Waals surface area contributed by atoms with E-state index in [1.165, 1.54) is 5.56 Å². The second-order valence-electron chi connectivity index (χ2n) is 8.79.